The second kappa shape index (κ2) is 22.1. The van der Waals surface area contributed by atoms with Gasteiger partial charge < -0.3 is 0 Å². The SMILES string of the molecule is CCCCCCCCCCCCCCCCC1C(=O)CCCCCCCCCCCC1=O. The van der Waals surface area contributed by atoms with Crippen LogP contribution in [0.1, 0.15) is 174 Å². The standard InChI is InChI=1S/C30H56O2/c1-2-3-4-5-6-7-8-9-10-11-13-16-19-22-25-28-29(31)26-23-20-17-14-12-15-18-21-24-27-30(28)32/h28H,2-27H2,1H3. The molecule has 0 unspecified atom stereocenters. The van der Waals surface area contributed by atoms with Gasteiger partial charge in [-0.3, -0.25) is 9.59 Å². The number of carbonyl (C=O) groups is 2. The highest BCUT2D eigenvalue weighted by Gasteiger charge is 2.24. The number of rotatable bonds is 15. The summed E-state index contributed by atoms with van der Waals surface area (Å²) in [5.41, 5.74) is 0. The van der Waals surface area contributed by atoms with Crippen LogP contribution in [0.25, 0.3) is 0 Å². The Morgan fingerprint density at radius 1 is 0.469 bits per heavy atom. The van der Waals surface area contributed by atoms with Crippen molar-refractivity contribution in [3.63, 3.8) is 0 Å². The average molecular weight is 449 g/mol. The summed E-state index contributed by atoms with van der Waals surface area (Å²) in [6.45, 7) is 2.28. The molecule has 1 rings (SSSR count). The average Bonchev–Trinajstić information content (AvgIpc) is 2.79. The van der Waals surface area contributed by atoms with Crippen molar-refractivity contribution < 1.29 is 9.59 Å². The molecule has 1 aliphatic carbocycles. The maximum Gasteiger partial charge on any atom is 0.143 e. The van der Waals surface area contributed by atoms with Crippen LogP contribution in [0.2, 0.25) is 0 Å². The summed E-state index contributed by atoms with van der Waals surface area (Å²) in [5, 5.41) is 0. The lowest BCUT2D eigenvalue weighted by Gasteiger charge is -2.15. The molecule has 0 aliphatic heterocycles. The third-order valence-corrected chi connectivity index (χ3v) is 7.47. The third kappa shape index (κ3) is 16.9. The highest BCUT2D eigenvalue weighted by Crippen LogP contribution is 2.21. The van der Waals surface area contributed by atoms with Crippen molar-refractivity contribution in [2.45, 2.75) is 174 Å². The fraction of sp³-hybridized carbons (Fsp3) is 0.933. The molecule has 0 aromatic carbocycles. The summed E-state index contributed by atoms with van der Waals surface area (Å²) in [6.07, 6.45) is 31.7. The van der Waals surface area contributed by atoms with Crippen LogP contribution >= 0.6 is 0 Å². The minimum Gasteiger partial charge on any atom is -0.299 e. The smallest absolute Gasteiger partial charge is 0.143 e. The predicted octanol–water partition coefficient (Wildman–Crippen LogP) is 9.92. The van der Waals surface area contributed by atoms with E-state index in [1.807, 2.05) is 0 Å². The lowest BCUT2D eigenvalue weighted by molar-refractivity contribution is -0.133. The van der Waals surface area contributed by atoms with Gasteiger partial charge in [0, 0.05) is 12.8 Å². The predicted molar refractivity (Wildman–Crippen MR) is 139 cm³/mol. The molecule has 0 amide bonds. The maximum atomic E-state index is 12.7. The third-order valence-electron chi connectivity index (χ3n) is 7.47. The summed E-state index contributed by atoms with van der Waals surface area (Å²) in [7, 11) is 0. The van der Waals surface area contributed by atoms with Crippen molar-refractivity contribution in [3.8, 4) is 0 Å². The van der Waals surface area contributed by atoms with E-state index in [9.17, 15) is 9.59 Å². The molecular weight excluding hydrogens is 392 g/mol. The van der Waals surface area contributed by atoms with Crippen LogP contribution in [0.3, 0.4) is 0 Å². The molecule has 32 heavy (non-hydrogen) atoms. The number of hydrogen-bond donors (Lipinski definition) is 0. The van der Waals surface area contributed by atoms with Crippen molar-refractivity contribution in [3.05, 3.63) is 0 Å². The second-order valence-corrected chi connectivity index (χ2v) is 10.6. The Kier molecular flexibility index (Phi) is 20.3. The molecule has 0 radical (unpaired) electrons. The Bertz CT molecular complexity index is 418. The highest BCUT2D eigenvalue weighted by molar-refractivity contribution is 6.02. The zero-order valence-corrected chi connectivity index (χ0v) is 21.8. The fourth-order valence-corrected chi connectivity index (χ4v) is 5.23. The number of unbranched alkanes of at least 4 members (excludes halogenated alkanes) is 13. The van der Waals surface area contributed by atoms with Crippen LogP contribution < -0.4 is 0 Å². The van der Waals surface area contributed by atoms with Gasteiger partial charge in [0.15, 0.2) is 0 Å². The van der Waals surface area contributed by atoms with Gasteiger partial charge in [-0.2, -0.15) is 0 Å². The van der Waals surface area contributed by atoms with Gasteiger partial charge in [0.05, 0.1) is 5.92 Å². The monoisotopic (exact) mass is 448 g/mol. The van der Waals surface area contributed by atoms with E-state index in [1.54, 1.807) is 0 Å². The molecule has 0 atom stereocenters. The zero-order valence-electron chi connectivity index (χ0n) is 21.8. The van der Waals surface area contributed by atoms with E-state index in [1.165, 1.54) is 116 Å². The Morgan fingerprint density at radius 3 is 1.16 bits per heavy atom. The van der Waals surface area contributed by atoms with Crippen molar-refractivity contribution in [1.29, 1.82) is 0 Å². The molecule has 0 heterocycles. The summed E-state index contributed by atoms with van der Waals surface area (Å²) in [4.78, 5) is 25.5. The van der Waals surface area contributed by atoms with Gasteiger partial charge in [-0.15, -0.1) is 0 Å². The van der Waals surface area contributed by atoms with Gasteiger partial charge in [0.2, 0.25) is 0 Å². The lowest BCUT2D eigenvalue weighted by atomic mass is 9.87. The van der Waals surface area contributed by atoms with Gasteiger partial charge in [0.1, 0.15) is 11.6 Å². The van der Waals surface area contributed by atoms with Crippen molar-refractivity contribution in [2.24, 2.45) is 5.92 Å². The molecule has 0 bridgehead atoms. The van der Waals surface area contributed by atoms with Crippen molar-refractivity contribution in [1.82, 2.24) is 0 Å². The van der Waals surface area contributed by atoms with Crippen molar-refractivity contribution in [2.75, 3.05) is 0 Å². The first-order valence-electron chi connectivity index (χ1n) is 14.8. The molecule has 1 fully saturated rings. The first-order valence-corrected chi connectivity index (χ1v) is 14.8. The molecule has 0 N–H and O–H groups in total. The van der Waals surface area contributed by atoms with E-state index in [2.05, 4.69) is 6.92 Å². The Balaban J connectivity index is 2.10. The van der Waals surface area contributed by atoms with Crippen molar-refractivity contribution >= 4 is 11.6 Å². The molecule has 1 saturated carbocycles. The first kappa shape index (κ1) is 29.4. The van der Waals surface area contributed by atoms with E-state index < -0.39 is 0 Å². The number of hydrogen-bond acceptors (Lipinski definition) is 2. The minimum absolute atomic E-state index is 0.252. The molecule has 0 aromatic heterocycles. The molecule has 0 aromatic rings. The Morgan fingerprint density at radius 2 is 0.781 bits per heavy atom. The molecular formula is C30H56O2. The number of ketones is 2. The van der Waals surface area contributed by atoms with Crippen LogP contribution in [0.5, 0.6) is 0 Å². The summed E-state index contributed by atoms with van der Waals surface area (Å²) in [6, 6.07) is 0. The summed E-state index contributed by atoms with van der Waals surface area (Å²) in [5.74, 6) is 0.221. The normalized spacial score (nSPS) is 18.0. The summed E-state index contributed by atoms with van der Waals surface area (Å²) >= 11 is 0. The minimum atomic E-state index is -0.282. The fourth-order valence-electron chi connectivity index (χ4n) is 5.23. The Labute approximate surface area is 201 Å². The maximum absolute atomic E-state index is 12.7. The van der Waals surface area contributed by atoms with Gasteiger partial charge in [0.25, 0.3) is 0 Å². The van der Waals surface area contributed by atoms with E-state index in [4.69, 9.17) is 0 Å². The molecule has 188 valence electrons. The number of Topliss-reactive ketones (excluding diaryl/α,β-unsaturated/α-hetero) is 2. The zero-order chi connectivity index (χ0) is 23.1. The topological polar surface area (TPSA) is 34.1 Å². The van der Waals surface area contributed by atoms with E-state index in [0.717, 1.165) is 38.5 Å². The van der Waals surface area contributed by atoms with E-state index in [-0.39, 0.29) is 17.5 Å². The second-order valence-electron chi connectivity index (χ2n) is 10.6. The summed E-state index contributed by atoms with van der Waals surface area (Å²) < 4.78 is 0. The molecule has 0 saturated heterocycles. The van der Waals surface area contributed by atoms with Gasteiger partial charge in [-0.25, -0.2) is 0 Å². The highest BCUT2D eigenvalue weighted by atomic mass is 16.1. The molecule has 0 spiro atoms. The van der Waals surface area contributed by atoms with Gasteiger partial charge >= 0.3 is 0 Å². The van der Waals surface area contributed by atoms with Gasteiger partial charge in [-0.1, -0.05) is 142 Å². The van der Waals surface area contributed by atoms with Crippen LogP contribution in [0.15, 0.2) is 0 Å². The van der Waals surface area contributed by atoms with E-state index in [0.29, 0.717) is 12.8 Å². The largest absolute Gasteiger partial charge is 0.299 e. The lowest BCUT2D eigenvalue weighted by Crippen LogP contribution is -2.24. The van der Waals surface area contributed by atoms with Crippen LogP contribution in [-0.2, 0) is 9.59 Å². The van der Waals surface area contributed by atoms with E-state index >= 15 is 0 Å². The quantitative estimate of drug-likeness (QED) is 0.184. The van der Waals surface area contributed by atoms with Crippen LogP contribution in [0.4, 0.5) is 0 Å². The molecule has 2 nitrogen and oxygen atoms in total. The number of carbonyl (C=O) groups excluding carboxylic acids is 2. The molecule has 1 aliphatic rings. The van der Waals surface area contributed by atoms with Crippen LogP contribution in [0, 0.1) is 5.92 Å². The van der Waals surface area contributed by atoms with Gasteiger partial charge in [-0.05, 0) is 19.3 Å². The van der Waals surface area contributed by atoms with Crippen LogP contribution in [-0.4, -0.2) is 11.6 Å². The Hall–Kier alpha value is -0.660. The first-order chi connectivity index (χ1) is 15.8. The molecule has 2 heteroatoms.